The van der Waals surface area contributed by atoms with Crippen LogP contribution in [0.1, 0.15) is 26.7 Å². The lowest BCUT2D eigenvalue weighted by Crippen LogP contribution is -2.09. The maximum Gasteiger partial charge on any atom is 0.151 e. The molecule has 0 saturated carbocycles. The van der Waals surface area contributed by atoms with Crippen molar-refractivity contribution in [2.75, 3.05) is 26.4 Å². The minimum atomic E-state index is -1.12. The molecule has 1 unspecified atom stereocenters. The van der Waals surface area contributed by atoms with E-state index in [-0.39, 0.29) is 13.2 Å². The highest BCUT2D eigenvalue weighted by Gasteiger charge is 2.02. The van der Waals surface area contributed by atoms with Gasteiger partial charge in [-0.1, -0.05) is 20.3 Å². The lowest BCUT2D eigenvalue weighted by Gasteiger charge is -2.08. The molecule has 0 aromatic carbocycles. The Kier molecular flexibility index (Phi) is 15.8. The highest BCUT2D eigenvalue weighted by molar-refractivity contribution is 4.49. The van der Waals surface area contributed by atoms with Gasteiger partial charge >= 0.3 is 0 Å². The van der Waals surface area contributed by atoms with Gasteiger partial charge < -0.3 is 25.2 Å². The van der Waals surface area contributed by atoms with Gasteiger partial charge in [-0.05, 0) is 5.92 Å². The first kappa shape index (κ1) is 17.2. The monoisotopic (exact) mass is 224 g/mol. The Morgan fingerprint density at radius 1 is 1.07 bits per heavy atom. The van der Waals surface area contributed by atoms with Crippen LogP contribution in [0.25, 0.3) is 0 Å². The van der Waals surface area contributed by atoms with Gasteiger partial charge in [0.05, 0.1) is 26.4 Å². The van der Waals surface area contributed by atoms with Gasteiger partial charge in [0.15, 0.2) is 6.29 Å². The van der Waals surface area contributed by atoms with Gasteiger partial charge in [0.1, 0.15) is 0 Å². The summed E-state index contributed by atoms with van der Waals surface area (Å²) in [4.78, 5) is 0. The third kappa shape index (κ3) is 20.0. The molecule has 15 heavy (non-hydrogen) atoms. The van der Waals surface area contributed by atoms with E-state index in [0.29, 0.717) is 25.6 Å². The van der Waals surface area contributed by atoms with E-state index in [1.807, 2.05) is 13.8 Å². The first-order chi connectivity index (χ1) is 7.08. The molecule has 0 fully saturated rings. The van der Waals surface area contributed by atoms with Gasteiger partial charge in [-0.2, -0.15) is 0 Å². The Morgan fingerprint density at radius 2 is 1.53 bits per heavy atom. The molecule has 0 saturated heterocycles. The average molecular weight is 224 g/mol. The largest absolute Gasteiger partial charge is 0.394 e. The molecular formula is C10H24O5. The summed E-state index contributed by atoms with van der Waals surface area (Å²) in [6.07, 6.45) is 0.388. The van der Waals surface area contributed by atoms with E-state index < -0.39 is 6.29 Å². The summed E-state index contributed by atoms with van der Waals surface area (Å²) >= 11 is 0. The Labute approximate surface area is 91.3 Å². The summed E-state index contributed by atoms with van der Waals surface area (Å²) in [6, 6.07) is 0. The number of hydrogen-bond donors (Lipinski definition) is 4. The van der Waals surface area contributed by atoms with Crippen LogP contribution in [0, 0.1) is 5.92 Å². The van der Waals surface area contributed by atoms with Crippen molar-refractivity contribution in [2.24, 2.45) is 5.92 Å². The van der Waals surface area contributed by atoms with Crippen molar-refractivity contribution in [1.29, 1.82) is 0 Å². The van der Waals surface area contributed by atoms with Crippen LogP contribution < -0.4 is 0 Å². The maximum absolute atomic E-state index is 8.41. The lowest BCUT2D eigenvalue weighted by molar-refractivity contribution is -0.0547. The van der Waals surface area contributed by atoms with E-state index in [9.17, 15) is 0 Å². The SMILES string of the molecule is CCC(C)CC(O)O.OCCOCCO. The first-order valence-electron chi connectivity index (χ1n) is 5.24. The fourth-order valence-electron chi connectivity index (χ4n) is 0.758. The number of aliphatic hydroxyl groups is 4. The van der Waals surface area contributed by atoms with E-state index in [1.165, 1.54) is 0 Å². The van der Waals surface area contributed by atoms with Crippen LogP contribution in [-0.4, -0.2) is 53.1 Å². The summed E-state index contributed by atoms with van der Waals surface area (Å²) in [5.74, 6) is 0.426. The molecule has 94 valence electrons. The van der Waals surface area contributed by atoms with Crippen LogP contribution in [0.3, 0.4) is 0 Å². The molecule has 4 N–H and O–H groups in total. The molecule has 0 aromatic rings. The van der Waals surface area contributed by atoms with E-state index in [1.54, 1.807) is 0 Å². The lowest BCUT2D eigenvalue weighted by atomic mass is 10.1. The van der Waals surface area contributed by atoms with Gasteiger partial charge in [-0.3, -0.25) is 0 Å². The summed E-state index contributed by atoms with van der Waals surface area (Å²) in [7, 11) is 0. The zero-order valence-electron chi connectivity index (χ0n) is 9.59. The number of rotatable bonds is 7. The topological polar surface area (TPSA) is 90.2 Å². The Hall–Kier alpha value is -0.200. The fraction of sp³-hybridized carbons (Fsp3) is 1.00. The summed E-state index contributed by atoms with van der Waals surface area (Å²) in [5.41, 5.74) is 0. The average Bonchev–Trinajstić information content (AvgIpc) is 2.18. The first-order valence-corrected chi connectivity index (χ1v) is 5.24. The highest BCUT2D eigenvalue weighted by Crippen LogP contribution is 2.07. The van der Waals surface area contributed by atoms with Crippen LogP contribution >= 0.6 is 0 Å². The highest BCUT2D eigenvalue weighted by atomic mass is 16.5. The molecule has 0 heterocycles. The number of aliphatic hydroxyl groups excluding tert-OH is 3. The van der Waals surface area contributed by atoms with Crippen molar-refractivity contribution in [3.8, 4) is 0 Å². The summed E-state index contributed by atoms with van der Waals surface area (Å²) in [5, 5.41) is 33.0. The molecule has 5 heteroatoms. The summed E-state index contributed by atoms with van der Waals surface area (Å²) in [6.45, 7) is 4.73. The quantitative estimate of drug-likeness (QED) is 0.353. The molecule has 0 rings (SSSR count). The van der Waals surface area contributed by atoms with Crippen LogP contribution in [0.15, 0.2) is 0 Å². The van der Waals surface area contributed by atoms with E-state index >= 15 is 0 Å². The van der Waals surface area contributed by atoms with E-state index in [4.69, 9.17) is 20.4 Å². The normalized spacial score (nSPS) is 12.2. The molecule has 0 aliphatic heterocycles. The standard InChI is InChI=1S/C6H14O2.C4H10O3/c1-3-5(2)4-6(7)8;5-1-3-7-4-2-6/h5-8H,3-4H2,1-2H3;5-6H,1-4H2. The van der Waals surface area contributed by atoms with Gasteiger partial charge in [-0.15, -0.1) is 0 Å². The Morgan fingerprint density at radius 3 is 1.73 bits per heavy atom. The predicted molar refractivity (Wildman–Crippen MR) is 57.3 cm³/mol. The van der Waals surface area contributed by atoms with Crippen molar-refractivity contribution in [1.82, 2.24) is 0 Å². The van der Waals surface area contributed by atoms with Crippen LogP contribution in [0.5, 0.6) is 0 Å². The van der Waals surface area contributed by atoms with Crippen molar-refractivity contribution < 1.29 is 25.2 Å². The van der Waals surface area contributed by atoms with Gasteiger partial charge in [0, 0.05) is 6.42 Å². The molecular weight excluding hydrogens is 200 g/mol. The van der Waals surface area contributed by atoms with Crippen molar-refractivity contribution in [2.45, 2.75) is 33.0 Å². The molecule has 0 spiro atoms. The predicted octanol–water partition coefficient (Wildman–Crippen LogP) is -0.279. The van der Waals surface area contributed by atoms with Crippen molar-refractivity contribution in [3.05, 3.63) is 0 Å². The second kappa shape index (κ2) is 13.8. The number of ether oxygens (including phenoxy) is 1. The van der Waals surface area contributed by atoms with Crippen molar-refractivity contribution >= 4 is 0 Å². The van der Waals surface area contributed by atoms with Crippen LogP contribution in [0.4, 0.5) is 0 Å². The van der Waals surface area contributed by atoms with Crippen LogP contribution in [-0.2, 0) is 4.74 Å². The van der Waals surface area contributed by atoms with Gasteiger partial charge in [0.25, 0.3) is 0 Å². The molecule has 0 amide bonds. The number of hydrogen-bond acceptors (Lipinski definition) is 5. The van der Waals surface area contributed by atoms with Crippen molar-refractivity contribution in [3.63, 3.8) is 0 Å². The van der Waals surface area contributed by atoms with Crippen LogP contribution in [0.2, 0.25) is 0 Å². The van der Waals surface area contributed by atoms with E-state index in [0.717, 1.165) is 6.42 Å². The molecule has 0 aliphatic carbocycles. The molecule has 0 aliphatic rings. The molecule has 0 bridgehead atoms. The molecule has 0 radical (unpaired) electrons. The van der Waals surface area contributed by atoms with Gasteiger partial charge in [-0.25, -0.2) is 0 Å². The second-order valence-electron chi connectivity index (χ2n) is 3.29. The second-order valence-corrected chi connectivity index (χ2v) is 3.29. The minimum absolute atomic E-state index is 0.0278. The third-order valence-electron chi connectivity index (χ3n) is 1.78. The maximum atomic E-state index is 8.41. The van der Waals surface area contributed by atoms with Gasteiger partial charge in [0.2, 0.25) is 0 Å². The van der Waals surface area contributed by atoms with E-state index in [2.05, 4.69) is 4.74 Å². The minimum Gasteiger partial charge on any atom is -0.394 e. The summed E-state index contributed by atoms with van der Waals surface area (Å²) < 4.78 is 4.63. The molecule has 0 aromatic heterocycles. The smallest absolute Gasteiger partial charge is 0.151 e. The third-order valence-corrected chi connectivity index (χ3v) is 1.78. The fourth-order valence-corrected chi connectivity index (χ4v) is 0.758. The molecule has 5 nitrogen and oxygen atoms in total. The zero-order valence-corrected chi connectivity index (χ0v) is 9.59. The zero-order chi connectivity index (χ0) is 12.1. The molecule has 1 atom stereocenters. The Bertz CT molecular complexity index is 104. The Balaban J connectivity index is 0.